The van der Waals surface area contributed by atoms with Crippen LogP contribution in [0.3, 0.4) is 0 Å². The van der Waals surface area contributed by atoms with E-state index in [9.17, 15) is 9.59 Å². The highest BCUT2D eigenvalue weighted by Gasteiger charge is 2.18. The molecule has 0 atom stereocenters. The summed E-state index contributed by atoms with van der Waals surface area (Å²) in [6.45, 7) is 1.63. The lowest BCUT2D eigenvalue weighted by atomic mass is 10.0. The molecule has 2 aromatic carbocycles. The highest BCUT2D eigenvalue weighted by Crippen LogP contribution is 2.31. The number of hydrogen-bond acceptors (Lipinski definition) is 6. The maximum absolute atomic E-state index is 9.55. The van der Waals surface area contributed by atoms with Crippen molar-refractivity contribution in [1.82, 2.24) is 4.90 Å². The summed E-state index contributed by atoms with van der Waals surface area (Å²) in [5.41, 5.74) is 3.57. The van der Waals surface area contributed by atoms with Crippen LogP contribution in [0.15, 0.2) is 64.6 Å². The molecule has 0 saturated heterocycles. The molecule has 0 fully saturated rings. The SMILES string of the molecule is CN(C)CCCSC1=Nc2ccc(Cl)cc2C(c2ccccc2Cl)=NC1.O=C(O)C=CC(=O)O. The zero-order valence-corrected chi connectivity index (χ0v) is 21.1. The van der Waals surface area contributed by atoms with Crippen LogP contribution in [0.4, 0.5) is 5.69 Å². The van der Waals surface area contributed by atoms with Crippen molar-refractivity contribution < 1.29 is 19.8 Å². The summed E-state index contributed by atoms with van der Waals surface area (Å²) in [4.78, 5) is 31.0. The van der Waals surface area contributed by atoms with Crippen LogP contribution >= 0.6 is 35.0 Å². The van der Waals surface area contributed by atoms with Crippen LogP contribution in [-0.2, 0) is 9.59 Å². The summed E-state index contributed by atoms with van der Waals surface area (Å²) in [6, 6.07) is 13.5. The van der Waals surface area contributed by atoms with Gasteiger partial charge in [0.1, 0.15) is 0 Å². The predicted molar refractivity (Wildman–Crippen MR) is 141 cm³/mol. The van der Waals surface area contributed by atoms with Crippen molar-refractivity contribution in [1.29, 1.82) is 0 Å². The molecular formula is C24H25Cl2N3O4S. The van der Waals surface area contributed by atoms with Gasteiger partial charge in [0.15, 0.2) is 0 Å². The van der Waals surface area contributed by atoms with Crippen LogP contribution in [0.1, 0.15) is 17.5 Å². The number of benzene rings is 2. The van der Waals surface area contributed by atoms with Crippen molar-refractivity contribution in [3.8, 4) is 0 Å². The quantitative estimate of drug-likeness (QED) is 0.380. The van der Waals surface area contributed by atoms with Crippen LogP contribution in [-0.4, -0.2) is 70.7 Å². The number of halogens is 2. The lowest BCUT2D eigenvalue weighted by Crippen LogP contribution is -2.14. The molecule has 3 rings (SSSR count). The van der Waals surface area contributed by atoms with E-state index in [1.807, 2.05) is 42.5 Å². The highest BCUT2D eigenvalue weighted by atomic mass is 35.5. The van der Waals surface area contributed by atoms with E-state index in [1.54, 1.807) is 11.8 Å². The van der Waals surface area contributed by atoms with E-state index >= 15 is 0 Å². The predicted octanol–water partition coefficient (Wildman–Crippen LogP) is 5.27. The molecule has 34 heavy (non-hydrogen) atoms. The number of rotatable bonds is 7. The number of fused-ring (bicyclic) bond motifs is 1. The lowest BCUT2D eigenvalue weighted by molar-refractivity contribution is -0.134. The summed E-state index contributed by atoms with van der Waals surface area (Å²) in [5, 5.41) is 18.0. The maximum atomic E-state index is 9.55. The molecule has 10 heteroatoms. The van der Waals surface area contributed by atoms with Gasteiger partial charge in [0.25, 0.3) is 0 Å². The van der Waals surface area contributed by atoms with Gasteiger partial charge in [-0.05, 0) is 51.3 Å². The Hall–Kier alpha value is -2.65. The van der Waals surface area contributed by atoms with Gasteiger partial charge in [-0.3, -0.25) is 4.99 Å². The maximum Gasteiger partial charge on any atom is 0.328 e. The Balaban J connectivity index is 0.000000440. The van der Waals surface area contributed by atoms with Gasteiger partial charge < -0.3 is 15.1 Å². The summed E-state index contributed by atoms with van der Waals surface area (Å²) >= 11 is 14.4. The zero-order valence-electron chi connectivity index (χ0n) is 18.7. The smallest absolute Gasteiger partial charge is 0.328 e. The van der Waals surface area contributed by atoms with Crippen LogP contribution in [0, 0.1) is 0 Å². The molecule has 2 aromatic rings. The van der Waals surface area contributed by atoms with Gasteiger partial charge in [-0.1, -0.05) is 41.4 Å². The third kappa shape index (κ3) is 9.30. The first-order valence-corrected chi connectivity index (χ1v) is 12.0. The fourth-order valence-corrected chi connectivity index (χ4v) is 4.10. The Morgan fingerprint density at radius 3 is 2.35 bits per heavy atom. The van der Waals surface area contributed by atoms with Crippen LogP contribution < -0.4 is 0 Å². The van der Waals surface area contributed by atoms with Crippen molar-refractivity contribution in [2.45, 2.75) is 6.42 Å². The molecule has 0 radical (unpaired) electrons. The first-order chi connectivity index (χ1) is 16.2. The van der Waals surface area contributed by atoms with Crippen molar-refractivity contribution in [2.75, 3.05) is 32.9 Å². The van der Waals surface area contributed by atoms with Gasteiger partial charge in [0.2, 0.25) is 0 Å². The minimum Gasteiger partial charge on any atom is -0.478 e. The van der Waals surface area contributed by atoms with Crippen molar-refractivity contribution >= 4 is 63.3 Å². The largest absolute Gasteiger partial charge is 0.478 e. The Morgan fingerprint density at radius 2 is 1.74 bits per heavy atom. The number of carbonyl (C=O) groups is 2. The van der Waals surface area contributed by atoms with Crippen LogP contribution in [0.5, 0.6) is 0 Å². The molecule has 1 aliphatic heterocycles. The second-order valence-corrected chi connectivity index (χ2v) is 9.34. The Labute approximate surface area is 212 Å². The number of aliphatic imine (C=N–C) groups is 2. The Bertz CT molecular complexity index is 1100. The molecule has 0 aromatic heterocycles. The van der Waals surface area contributed by atoms with E-state index in [2.05, 4.69) is 19.0 Å². The molecule has 1 aliphatic rings. The number of carboxylic acids is 2. The van der Waals surface area contributed by atoms with Gasteiger partial charge in [-0.25, -0.2) is 14.6 Å². The molecular weight excluding hydrogens is 497 g/mol. The third-order valence-corrected chi connectivity index (χ3v) is 5.96. The van der Waals surface area contributed by atoms with E-state index in [4.69, 9.17) is 43.4 Å². The van der Waals surface area contributed by atoms with E-state index in [0.29, 0.717) is 28.7 Å². The minimum absolute atomic E-state index is 0.555. The average Bonchev–Trinajstić information content (AvgIpc) is 2.95. The zero-order chi connectivity index (χ0) is 25.1. The van der Waals surface area contributed by atoms with Crippen molar-refractivity contribution in [2.24, 2.45) is 9.98 Å². The fourth-order valence-electron chi connectivity index (χ4n) is 2.87. The van der Waals surface area contributed by atoms with E-state index in [1.165, 1.54) is 0 Å². The average molecular weight is 522 g/mol. The standard InChI is InChI=1S/C20H21Cl2N3S.C4H4O4/c1-25(2)10-5-11-26-19-13-23-20(15-6-3-4-7-17(15)22)16-12-14(21)8-9-18(16)24-19;5-3(6)1-2-4(7)8/h3-4,6-9,12H,5,10-11,13H2,1-2H3;1-2H,(H,5,6)(H,7,8). The number of carboxylic acid groups (broad SMARTS) is 2. The van der Waals surface area contributed by atoms with Gasteiger partial charge in [-0.2, -0.15) is 0 Å². The van der Waals surface area contributed by atoms with Crippen LogP contribution in [0.2, 0.25) is 10.0 Å². The molecule has 0 saturated carbocycles. The van der Waals surface area contributed by atoms with Gasteiger partial charge in [0.05, 0.1) is 23.0 Å². The van der Waals surface area contributed by atoms with Crippen molar-refractivity contribution in [3.05, 3.63) is 75.8 Å². The summed E-state index contributed by atoms with van der Waals surface area (Å²) in [7, 11) is 4.18. The molecule has 0 unspecified atom stereocenters. The molecule has 0 amide bonds. The molecule has 2 N–H and O–H groups in total. The first-order valence-electron chi connectivity index (χ1n) is 10.3. The summed E-state index contributed by atoms with van der Waals surface area (Å²) in [6.07, 6.45) is 2.23. The number of hydrogen-bond donors (Lipinski definition) is 2. The lowest BCUT2D eigenvalue weighted by Gasteiger charge is -2.10. The molecule has 180 valence electrons. The molecule has 7 nitrogen and oxygen atoms in total. The highest BCUT2D eigenvalue weighted by molar-refractivity contribution is 8.14. The van der Waals surface area contributed by atoms with E-state index in [-0.39, 0.29) is 0 Å². The van der Waals surface area contributed by atoms with E-state index < -0.39 is 11.9 Å². The third-order valence-electron chi connectivity index (χ3n) is 4.35. The van der Waals surface area contributed by atoms with Crippen molar-refractivity contribution in [3.63, 3.8) is 0 Å². The van der Waals surface area contributed by atoms with Gasteiger partial charge >= 0.3 is 11.9 Å². The number of thioether (sulfide) groups is 1. The molecule has 0 spiro atoms. The van der Waals surface area contributed by atoms with Gasteiger partial charge in [-0.15, -0.1) is 11.8 Å². The van der Waals surface area contributed by atoms with Gasteiger partial charge in [0, 0.05) is 39.1 Å². The molecule has 1 heterocycles. The number of nitrogens with zero attached hydrogens (tertiary/aromatic N) is 3. The van der Waals surface area contributed by atoms with Crippen LogP contribution in [0.25, 0.3) is 0 Å². The molecule has 0 aliphatic carbocycles. The monoisotopic (exact) mass is 521 g/mol. The Morgan fingerprint density at radius 1 is 1.06 bits per heavy atom. The fraction of sp³-hybridized carbons (Fsp3) is 0.250. The Kier molecular flexibility index (Phi) is 11.3. The normalized spacial score (nSPS) is 12.9. The second kappa shape index (κ2) is 13.9. The first kappa shape index (κ1) is 27.6. The topological polar surface area (TPSA) is 103 Å². The molecule has 0 bridgehead atoms. The second-order valence-electron chi connectivity index (χ2n) is 7.33. The summed E-state index contributed by atoms with van der Waals surface area (Å²) in [5.74, 6) is -1.49. The summed E-state index contributed by atoms with van der Waals surface area (Å²) < 4.78 is 0. The minimum atomic E-state index is -1.26. The van der Waals surface area contributed by atoms with E-state index in [0.717, 1.165) is 46.3 Å². The number of aliphatic carboxylic acids is 2.